The standard InChI is InChI=1S/C35H48F4O2/c1-3-5-6-22-41-31-21-20-29(34(38)35(31)39)24-11-8-23(9-12-24)10-13-27-18-19-28(33(37)32(27)36)25-14-16-26(17-15-25)30(40)7-4-2/h18-21,23-26,30,40H,3-17,22H2,1-2H3. The van der Waals surface area contributed by atoms with E-state index in [0.29, 0.717) is 35.6 Å². The molecule has 0 bridgehead atoms. The van der Waals surface area contributed by atoms with Crippen LogP contribution < -0.4 is 4.74 Å². The summed E-state index contributed by atoms with van der Waals surface area (Å²) in [5.41, 5.74) is 1.31. The zero-order chi connectivity index (χ0) is 29.4. The van der Waals surface area contributed by atoms with Gasteiger partial charge >= 0.3 is 0 Å². The Bertz CT molecular complexity index is 1100. The number of aryl methyl sites for hydroxylation is 1. The van der Waals surface area contributed by atoms with Crippen LogP contribution in [0.25, 0.3) is 0 Å². The van der Waals surface area contributed by atoms with Crippen LogP contribution in [0.15, 0.2) is 24.3 Å². The first-order valence-corrected chi connectivity index (χ1v) is 16.1. The molecular formula is C35H48F4O2. The third-order valence-corrected chi connectivity index (χ3v) is 9.72. The summed E-state index contributed by atoms with van der Waals surface area (Å²) in [7, 11) is 0. The molecule has 4 rings (SSSR count). The van der Waals surface area contributed by atoms with Crippen LogP contribution in [0.2, 0.25) is 0 Å². The maximum Gasteiger partial charge on any atom is 0.200 e. The Kier molecular flexibility index (Phi) is 12.0. The van der Waals surface area contributed by atoms with Gasteiger partial charge in [-0.1, -0.05) is 51.3 Å². The van der Waals surface area contributed by atoms with E-state index < -0.39 is 23.3 Å². The molecule has 1 atom stereocenters. The number of rotatable bonds is 13. The lowest BCUT2D eigenvalue weighted by Crippen LogP contribution is -2.25. The largest absolute Gasteiger partial charge is 0.490 e. The Morgan fingerprint density at radius 2 is 1.34 bits per heavy atom. The fourth-order valence-corrected chi connectivity index (χ4v) is 7.09. The zero-order valence-corrected chi connectivity index (χ0v) is 24.9. The minimum absolute atomic E-state index is 0.00539. The molecule has 0 aliphatic heterocycles. The van der Waals surface area contributed by atoms with E-state index in [-0.39, 0.29) is 29.6 Å². The summed E-state index contributed by atoms with van der Waals surface area (Å²) in [6, 6.07) is 6.74. The molecule has 0 aromatic heterocycles. The van der Waals surface area contributed by atoms with Crippen molar-refractivity contribution in [3.05, 3.63) is 64.2 Å². The number of unbranched alkanes of at least 4 members (excludes halogenated alkanes) is 2. The third-order valence-electron chi connectivity index (χ3n) is 9.72. The zero-order valence-electron chi connectivity index (χ0n) is 24.9. The lowest BCUT2D eigenvalue weighted by molar-refractivity contribution is 0.0727. The van der Waals surface area contributed by atoms with Gasteiger partial charge in [0.1, 0.15) is 0 Å². The van der Waals surface area contributed by atoms with Crippen molar-refractivity contribution in [2.75, 3.05) is 6.61 Å². The minimum Gasteiger partial charge on any atom is -0.490 e. The number of ether oxygens (including phenoxy) is 1. The molecule has 2 aliphatic rings. The van der Waals surface area contributed by atoms with Crippen molar-refractivity contribution in [3.8, 4) is 5.75 Å². The topological polar surface area (TPSA) is 29.5 Å². The molecule has 0 saturated heterocycles. The summed E-state index contributed by atoms with van der Waals surface area (Å²) in [5, 5.41) is 10.3. The fourth-order valence-electron chi connectivity index (χ4n) is 7.09. The lowest BCUT2D eigenvalue weighted by Gasteiger charge is -2.32. The van der Waals surface area contributed by atoms with Crippen LogP contribution in [0.1, 0.15) is 132 Å². The van der Waals surface area contributed by atoms with Gasteiger partial charge in [0.05, 0.1) is 12.7 Å². The van der Waals surface area contributed by atoms with E-state index in [4.69, 9.17) is 4.74 Å². The molecule has 1 N–H and O–H groups in total. The van der Waals surface area contributed by atoms with Crippen molar-refractivity contribution >= 4 is 0 Å². The quantitative estimate of drug-likeness (QED) is 0.190. The van der Waals surface area contributed by atoms with Crippen LogP contribution in [0.5, 0.6) is 5.75 Å². The molecule has 2 aromatic carbocycles. The number of aliphatic hydroxyl groups is 1. The highest BCUT2D eigenvalue weighted by atomic mass is 19.2. The third kappa shape index (κ3) is 8.06. The Morgan fingerprint density at radius 1 is 0.732 bits per heavy atom. The van der Waals surface area contributed by atoms with Gasteiger partial charge in [-0.05, 0) is 123 Å². The van der Waals surface area contributed by atoms with Crippen molar-refractivity contribution in [1.29, 1.82) is 0 Å². The highest BCUT2D eigenvalue weighted by Crippen LogP contribution is 2.41. The predicted octanol–water partition coefficient (Wildman–Crippen LogP) is 10.2. The second-order valence-corrected chi connectivity index (χ2v) is 12.5. The van der Waals surface area contributed by atoms with E-state index in [0.717, 1.165) is 89.9 Å². The van der Waals surface area contributed by atoms with Crippen LogP contribution in [-0.4, -0.2) is 17.8 Å². The van der Waals surface area contributed by atoms with E-state index >= 15 is 8.78 Å². The first kappa shape index (κ1) is 31.8. The van der Waals surface area contributed by atoms with Crippen LogP contribution in [0, 0.1) is 35.1 Å². The normalized spacial score (nSPS) is 23.9. The summed E-state index contributed by atoms with van der Waals surface area (Å²) in [4.78, 5) is 0. The molecule has 0 radical (unpaired) electrons. The SMILES string of the molecule is CCCCCOc1ccc(C2CCC(CCc3ccc(C4CCC(C(O)CCC)CC4)c(F)c3F)CC2)c(F)c1F. The molecule has 2 fully saturated rings. The summed E-state index contributed by atoms with van der Waals surface area (Å²) >= 11 is 0. The van der Waals surface area contributed by atoms with Crippen molar-refractivity contribution in [2.24, 2.45) is 11.8 Å². The van der Waals surface area contributed by atoms with Gasteiger partial charge in [0.2, 0.25) is 5.82 Å². The minimum atomic E-state index is -0.899. The van der Waals surface area contributed by atoms with Gasteiger partial charge in [0.15, 0.2) is 23.2 Å². The molecule has 6 heteroatoms. The number of hydrogen-bond donors (Lipinski definition) is 1. The Balaban J connectivity index is 1.26. The lowest BCUT2D eigenvalue weighted by atomic mass is 9.75. The first-order valence-electron chi connectivity index (χ1n) is 16.1. The summed E-state index contributed by atoms with van der Waals surface area (Å²) in [6.07, 6.45) is 12.0. The van der Waals surface area contributed by atoms with Gasteiger partial charge in [-0.3, -0.25) is 0 Å². The summed E-state index contributed by atoms with van der Waals surface area (Å²) in [5.74, 6) is -2.57. The molecule has 1 unspecified atom stereocenters. The smallest absolute Gasteiger partial charge is 0.200 e. The highest BCUT2D eigenvalue weighted by Gasteiger charge is 2.30. The molecule has 2 aromatic rings. The van der Waals surface area contributed by atoms with Gasteiger partial charge in [-0.2, -0.15) is 4.39 Å². The molecule has 0 spiro atoms. The highest BCUT2D eigenvalue weighted by molar-refractivity contribution is 5.33. The molecule has 0 amide bonds. The van der Waals surface area contributed by atoms with E-state index in [1.165, 1.54) is 0 Å². The monoisotopic (exact) mass is 576 g/mol. The van der Waals surface area contributed by atoms with Gasteiger partial charge < -0.3 is 9.84 Å². The van der Waals surface area contributed by atoms with Gasteiger partial charge in [0, 0.05) is 0 Å². The van der Waals surface area contributed by atoms with Crippen LogP contribution in [0.4, 0.5) is 17.6 Å². The Hall–Kier alpha value is -2.08. The summed E-state index contributed by atoms with van der Waals surface area (Å²) in [6.45, 7) is 4.52. The maximum atomic E-state index is 15.1. The van der Waals surface area contributed by atoms with Gasteiger partial charge in [-0.25, -0.2) is 13.2 Å². The predicted molar refractivity (Wildman–Crippen MR) is 156 cm³/mol. The van der Waals surface area contributed by atoms with Crippen molar-refractivity contribution in [2.45, 2.75) is 128 Å². The first-order chi connectivity index (χ1) is 19.8. The number of halogens is 4. The van der Waals surface area contributed by atoms with Crippen molar-refractivity contribution in [3.63, 3.8) is 0 Å². The van der Waals surface area contributed by atoms with E-state index in [9.17, 15) is 13.9 Å². The second kappa shape index (κ2) is 15.4. The van der Waals surface area contributed by atoms with E-state index in [1.54, 1.807) is 24.3 Å². The van der Waals surface area contributed by atoms with Crippen molar-refractivity contribution in [1.82, 2.24) is 0 Å². The van der Waals surface area contributed by atoms with Crippen LogP contribution >= 0.6 is 0 Å². The van der Waals surface area contributed by atoms with Crippen molar-refractivity contribution < 1.29 is 27.4 Å². The molecule has 2 nitrogen and oxygen atoms in total. The van der Waals surface area contributed by atoms with Crippen LogP contribution in [-0.2, 0) is 6.42 Å². The van der Waals surface area contributed by atoms with Gasteiger partial charge in [-0.15, -0.1) is 0 Å². The number of benzene rings is 2. The van der Waals surface area contributed by atoms with Crippen LogP contribution in [0.3, 0.4) is 0 Å². The van der Waals surface area contributed by atoms with E-state index in [1.807, 2.05) is 0 Å². The molecule has 228 valence electrons. The maximum absolute atomic E-state index is 15.1. The molecule has 2 aliphatic carbocycles. The van der Waals surface area contributed by atoms with E-state index in [2.05, 4.69) is 13.8 Å². The number of hydrogen-bond acceptors (Lipinski definition) is 2. The Labute approximate surface area is 243 Å². The average Bonchev–Trinajstić information content (AvgIpc) is 2.99. The molecule has 2 saturated carbocycles. The summed E-state index contributed by atoms with van der Waals surface area (Å²) < 4.78 is 65.2. The van der Waals surface area contributed by atoms with Gasteiger partial charge in [0.25, 0.3) is 0 Å². The molecule has 0 heterocycles. The fraction of sp³-hybridized carbons (Fsp3) is 0.657. The average molecular weight is 577 g/mol. The molecule has 41 heavy (non-hydrogen) atoms. The number of aliphatic hydroxyl groups excluding tert-OH is 1. The molecular weight excluding hydrogens is 528 g/mol. The Morgan fingerprint density at radius 3 is 1.98 bits per heavy atom. The second-order valence-electron chi connectivity index (χ2n) is 12.5.